The zero-order chi connectivity index (χ0) is 13.9. The summed E-state index contributed by atoms with van der Waals surface area (Å²) in [6.45, 7) is 2.68. The molecule has 0 amide bonds. The van der Waals surface area contributed by atoms with Crippen LogP contribution in [-0.2, 0) is 0 Å². The molecule has 0 spiro atoms. The van der Waals surface area contributed by atoms with E-state index in [-0.39, 0.29) is 5.28 Å². The van der Waals surface area contributed by atoms with Crippen LogP contribution in [-0.4, -0.2) is 26.5 Å². The smallest absolute Gasteiger partial charge is 0.233 e. The number of hydrogen-bond acceptors (Lipinski definition) is 7. The van der Waals surface area contributed by atoms with Gasteiger partial charge in [0.25, 0.3) is 0 Å². The number of hydrogen-bond donors (Lipinski definition) is 2. The summed E-state index contributed by atoms with van der Waals surface area (Å²) in [4.78, 5) is 16.5. The maximum absolute atomic E-state index is 5.88. The van der Waals surface area contributed by atoms with Gasteiger partial charge in [-0.3, -0.25) is 0 Å². The highest BCUT2D eigenvalue weighted by Crippen LogP contribution is 2.23. The van der Waals surface area contributed by atoms with Gasteiger partial charge in [0.1, 0.15) is 0 Å². The van der Waals surface area contributed by atoms with Gasteiger partial charge in [-0.05, 0) is 36.7 Å². The van der Waals surface area contributed by atoms with Crippen molar-refractivity contribution in [1.82, 2.24) is 19.9 Å². The highest BCUT2D eigenvalue weighted by atomic mass is 35.5. The molecule has 102 valence electrons. The number of nitrogens with zero attached hydrogens (tertiary/aromatic N) is 4. The number of anilines is 3. The van der Waals surface area contributed by atoms with E-state index in [0.29, 0.717) is 18.4 Å². The van der Waals surface area contributed by atoms with E-state index in [1.54, 1.807) is 11.3 Å². The van der Waals surface area contributed by atoms with Gasteiger partial charge in [-0.15, -0.1) is 11.3 Å². The Kier molecular flexibility index (Phi) is 3.62. The molecule has 3 aromatic rings. The van der Waals surface area contributed by atoms with Crippen molar-refractivity contribution in [3.8, 4) is 0 Å². The Morgan fingerprint density at radius 1 is 1.20 bits per heavy atom. The van der Waals surface area contributed by atoms with E-state index in [0.717, 1.165) is 15.9 Å². The molecule has 0 aliphatic rings. The van der Waals surface area contributed by atoms with Crippen LogP contribution in [0.2, 0.25) is 5.28 Å². The third-order valence-corrected chi connectivity index (χ3v) is 3.49. The van der Waals surface area contributed by atoms with Crippen molar-refractivity contribution in [2.45, 2.75) is 6.92 Å². The average Bonchev–Trinajstić information content (AvgIpc) is 2.85. The normalized spacial score (nSPS) is 10.7. The van der Waals surface area contributed by atoms with E-state index >= 15 is 0 Å². The predicted octanol–water partition coefficient (Wildman–Crippen LogP) is 3.31. The van der Waals surface area contributed by atoms with Crippen LogP contribution in [0.4, 0.5) is 17.6 Å². The lowest BCUT2D eigenvalue weighted by molar-refractivity contribution is 1.02. The summed E-state index contributed by atoms with van der Waals surface area (Å²) >= 11 is 7.46. The number of thiazole rings is 1. The van der Waals surface area contributed by atoms with Gasteiger partial charge in [0, 0.05) is 12.2 Å². The molecule has 0 unspecified atom stereocenters. The lowest BCUT2D eigenvalue weighted by Crippen LogP contribution is -2.06. The summed E-state index contributed by atoms with van der Waals surface area (Å²) in [6, 6.07) is 5.87. The lowest BCUT2D eigenvalue weighted by Gasteiger charge is -2.07. The third kappa shape index (κ3) is 2.78. The first-order chi connectivity index (χ1) is 9.74. The molecule has 20 heavy (non-hydrogen) atoms. The molecule has 2 N–H and O–H groups in total. The topological polar surface area (TPSA) is 75.6 Å². The SMILES string of the molecule is CCNc1nc(Cl)nc(Nc2ccc3ncsc3c2)n1. The fourth-order valence-corrected chi connectivity index (χ4v) is 2.58. The summed E-state index contributed by atoms with van der Waals surface area (Å²) in [7, 11) is 0. The van der Waals surface area contributed by atoms with E-state index in [1.807, 2.05) is 30.6 Å². The molecule has 0 atom stereocenters. The third-order valence-electron chi connectivity index (χ3n) is 2.53. The van der Waals surface area contributed by atoms with Crippen LogP contribution in [0.3, 0.4) is 0 Å². The first-order valence-electron chi connectivity index (χ1n) is 6.00. The monoisotopic (exact) mass is 306 g/mol. The standard InChI is InChI=1S/C12H11ClN6S/c1-2-14-11-17-10(13)18-12(19-11)16-7-3-4-8-9(5-7)20-6-15-8/h3-6H,2H2,1H3,(H2,14,16,17,18,19). The molecule has 8 heteroatoms. The maximum Gasteiger partial charge on any atom is 0.233 e. The van der Waals surface area contributed by atoms with Crippen molar-refractivity contribution in [3.05, 3.63) is 29.0 Å². The molecule has 3 rings (SSSR count). The zero-order valence-corrected chi connectivity index (χ0v) is 12.2. The number of nitrogens with one attached hydrogen (secondary N) is 2. The summed E-state index contributed by atoms with van der Waals surface area (Å²) < 4.78 is 1.10. The van der Waals surface area contributed by atoms with E-state index in [1.165, 1.54) is 0 Å². The predicted molar refractivity (Wildman–Crippen MR) is 81.9 cm³/mol. The zero-order valence-electron chi connectivity index (χ0n) is 10.6. The quantitative estimate of drug-likeness (QED) is 0.770. The molecule has 0 aliphatic carbocycles. The second-order valence-corrected chi connectivity index (χ2v) is 5.17. The van der Waals surface area contributed by atoms with Crippen molar-refractivity contribution >= 4 is 50.7 Å². The van der Waals surface area contributed by atoms with Gasteiger partial charge in [0.15, 0.2) is 0 Å². The maximum atomic E-state index is 5.88. The number of fused-ring (bicyclic) bond motifs is 1. The fourth-order valence-electron chi connectivity index (χ4n) is 1.71. The van der Waals surface area contributed by atoms with Crippen LogP contribution >= 0.6 is 22.9 Å². The molecule has 0 saturated carbocycles. The fraction of sp³-hybridized carbons (Fsp3) is 0.167. The highest BCUT2D eigenvalue weighted by molar-refractivity contribution is 7.16. The van der Waals surface area contributed by atoms with Gasteiger partial charge in [-0.1, -0.05) is 0 Å². The molecule has 0 bridgehead atoms. The average molecular weight is 307 g/mol. The van der Waals surface area contributed by atoms with E-state index < -0.39 is 0 Å². The molecule has 0 saturated heterocycles. The van der Waals surface area contributed by atoms with E-state index in [9.17, 15) is 0 Å². The molecule has 0 aliphatic heterocycles. The summed E-state index contributed by atoms with van der Waals surface area (Å²) in [6.07, 6.45) is 0. The van der Waals surface area contributed by atoms with Gasteiger partial charge >= 0.3 is 0 Å². The van der Waals surface area contributed by atoms with Crippen LogP contribution < -0.4 is 10.6 Å². The Morgan fingerprint density at radius 3 is 2.90 bits per heavy atom. The Hall–Kier alpha value is -1.99. The van der Waals surface area contributed by atoms with Crippen LogP contribution in [0, 0.1) is 0 Å². The molecule has 2 heterocycles. The number of aromatic nitrogens is 4. The molecule has 6 nitrogen and oxygen atoms in total. The Morgan fingerprint density at radius 2 is 2.05 bits per heavy atom. The van der Waals surface area contributed by atoms with E-state index in [2.05, 4.69) is 30.6 Å². The second-order valence-electron chi connectivity index (χ2n) is 3.94. The molecule has 1 aromatic carbocycles. The molecule has 0 fully saturated rings. The number of rotatable bonds is 4. The number of halogens is 1. The highest BCUT2D eigenvalue weighted by Gasteiger charge is 2.05. The summed E-state index contributed by atoms with van der Waals surface area (Å²) in [5.41, 5.74) is 3.67. The Bertz CT molecular complexity index is 744. The minimum Gasteiger partial charge on any atom is -0.354 e. The first-order valence-corrected chi connectivity index (χ1v) is 7.26. The molecular formula is C12H11ClN6S. The van der Waals surface area contributed by atoms with Crippen LogP contribution in [0.25, 0.3) is 10.2 Å². The minimum atomic E-state index is 0.150. The molecular weight excluding hydrogens is 296 g/mol. The van der Waals surface area contributed by atoms with Crippen molar-refractivity contribution in [2.75, 3.05) is 17.2 Å². The second kappa shape index (κ2) is 5.56. The van der Waals surface area contributed by atoms with Crippen molar-refractivity contribution in [1.29, 1.82) is 0 Å². The summed E-state index contributed by atoms with van der Waals surface area (Å²) in [5, 5.41) is 6.27. The van der Waals surface area contributed by atoms with Crippen LogP contribution in [0.1, 0.15) is 6.92 Å². The van der Waals surface area contributed by atoms with Gasteiger partial charge in [-0.25, -0.2) is 4.98 Å². The van der Waals surface area contributed by atoms with Crippen LogP contribution in [0.5, 0.6) is 0 Å². The number of benzene rings is 1. The largest absolute Gasteiger partial charge is 0.354 e. The van der Waals surface area contributed by atoms with Crippen molar-refractivity contribution in [2.24, 2.45) is 0 Å². The van der Waals surface area contributed by atoms with Gasteiger partial charge in [0.2, 0.25) is 17.2 Å². The summed E-state index contributed by atoms with van der Waals surface area (Å²) in [5.74, 6) is 0.860. The van der Waals surface area contributed by atoms with Gasteiger partial charge in [-0.2, -0.15) is 15.0 Å². The van der Waals surface area contributed by atoms with Crippen molar-refractivity contribution in [3.63, 3.8) is 0 Å². The van der Waals surface area contributed by atoms with Gasteiger partial charge in [0.05, 0.1) is 15.7 Å². The lowest BCUT2D eigenvalue weighted by atomic mass is 10.3. The minimum absolute atomic E-state index is 0.150. The van der Waals surface area contributed by atoms with Gasteiger partial charge < -0.3 is 10.6 Å². The van der Waals surface area contributed by atoms with Crippen molar-refractivity contribution < 1.29 is 0 Å². The Labute approximate surface area is 124 Å². The first kappa shape index (κ1) is 13.0. The Balaban J connectivity index is 1.89. The molecule has 0 radical (unpaired) electrons. The molecule has 2 aromatic heterocycles. The van der Waals surface area contributed by atoms with E-state index in [4.69, 9.17) is 11.6 Å². The van der Waals surface area contributed by atoms with Crippen LogP contribution in [0.15, 0.2) is 23.7 Å².